The van der Waals surface area contributed by atoms with Crippen LogP contribution in [0, 0.1) is 0 Å². The van der Waals surface area contributed by atoms with E-state index in [0.29, 0.717) is 13.1 Å². The van der Waals surface area contributed by atoms with Gasteiger partial charge in [0.15, 0.2) is 0 Å². The quantitative estimate of drug-likeness (QED) is 0.827. The van der Waals surface area contributed by atoms with Gasteiger partial charge < -0.3 is 10.0 Å². The van der Waals surface area contributed by atoms with Crippen molar-refractivity contribution in [2.75, 3.05) is 13.1 Å². The standard InChI is InChI=1S/C13H19NO3S/c1-3-14(4-2)12(15)8-10(9-13(16)17)11-6-5-7-18-11/h5-7,10H,3-4,8-9H2,1-2H3,(H,16,17). The van der Waals surface area contributed by atoms with E-state index in [2.05, 4.69) is 0 Å². The van der Waals surface area contributed by atoms with E-state index < -0.39 is 5.97 Å². The Hall–Kier alpha value is -1.36. The number of rotatable bonds is 7. The van der Waals surface area contributed by atoms with Gasteiger partial charge in [0.05, 0.1) is 6.42 Å². The van der Waals surface area contributed by atoms with Crippen LogP contribution in [0.4, 0.5) is 0 Å². The lowest BCUT2D eigenvalue weighted by Gasteiger charge is -2.21. The first-order valence-corrected chi connectivity index (χ1v) is 6.99. The molecule has 1 heterocycles. The van der Waals surface area contributed by atoms with Gasteiger partial charge in [-0.05, 0) is 25.3 Å². The van der Waals surface area contributed by atoms with E-state index in [0.717, 1.165) is 4.88 Å². The Kier molecular flexibility index (Phi) is 5.85. The number of amides is 1. The van der Waals surface area contributed by atoms with E-state index >= 15 is 0 Å². The SMILES string of the molecule is CCN(CC)C(=O)CC(CC(=O)O)c1cccs1. The van der Waals surface area contributed by atoms with Crippen molar-refractivity contribution in [3.63, 3.8) is 0 Å². The highest BCUT2D eigenvalue weighted by Gasteiger charge is 2.22. The van der Waals surface area contributed by atoms with Gasteiger partial charge in [-0.2, -0.15) is 0 Å². The van der Waals surface area contributed by atoms with Crippen molar-refractivity contribution in [1.82, 2.24) is 4.90 Å². The molecule has 0 aromatic carbocycles. The summed E-state index contributed by atoms with van der Waals surface area (Å²) < 4.78 is 0. The lowest BCUT2D eigenvalue weighted by molar-refractivity contribution is -0.137. The first-order chi connectivity index (χ1) is 8.58. The lowest BCUT2D eigenvalue weighted by Crippen LogP contribution is -2.31. The van der Waals surface area contributed by atoms with Gasteiger partial charge in [0.2, 0.25) is 5.91 Å². The molecule has 0 aliphatic heterocycles. The molecular weight excluding hydrogens is 250 g/mol. The van der Waals surface area contributed by atoms with Crippen LogP contribution in [0.3, 0.4) is 0 Å². The van der Waals surface area contributed by atoms with Gasteiger partial charge >= 0.3 is 5.97 Å². The van der Waals surface area contributed by atoms with Gasteiger partial charge in [-0.1, -0.05) is 6.07 Å². The van der Waals surface area contributed by atoms with Gasteiger partial charge in [0.25, 0.3) is 0 Å². The molecule has 0 saturated heterocycles. The van der Waals surface area contributed by atoms with Crippen molar-refractivity contribution in [3.05, 3.63) is 22.4 Å². The molecule has 0 aliphatic carbocycles. The number of carboxylic acid groups (broad SMARTS) is 1. The summed E-state index contributed by atoms with van der Waals surface area (Å²) in [5, 5.41) is 10.8. The summed E-state index contributed by atoms with van der Waals surface area (Å²) in [4.78, 5) is 25.6. The summed E-state index contributed by atoms with van der Waals surface area (Å²) in [7, 11) is 0. The number of thiophene rings is 1. The molecule has 1 unspecified atom stereocenters. The van der Waals surface area contributed by atoms with Crippen LogP contribution in [0.2, 0.25) is 0 Å². The molecule has 1 aromatic heterocycles. The molecule has 5 heteroatoms. The average Bonchev–Trinajstić information content (AvgIpc) is 2.82. The highest BCUT2D eigenvalue weighted by Crippen LogP contribution is 2.28. The summed E-state index contributed by atoms with van der Waals surface area (Å²) in [6.45, 7) is 5.19. The fourth-order valence-corrected chi connectivity index (χ4v) is 2.75. The summed E-state index contributed by atoms with van der Waals surface area (Å²) in [5.41, 5.74) is 0. The molecule has 0 bridgehead atoms. The smallest absolute Gasteiger partial charge is 0.304 e. The predicted molar refractivity (Wildman–Crippen MR) is 71.9 cm³/mol. The van der Waals surface area contributed by atoms with Gasteiger partial charge in [-0.25, -0.2) is 0 Å². The zero-order valence-corrected chi connectivity index (χ0v) is 11.6. The van der Waals surface area contributed by atoms with E-state index in [9.17, 15) is 9.59 Å². The lowest BCUT2D eigenvalue weighted by atomic mass is 9.98. The minimum atomic E-state index is -0.860. The molecule has 100 valence electrons. The molecule has 18 heavy (non-hydrogen) atoms. The number of carbonyl (C=O) groups excluding carboxylic acids is 1. The van der Waals surface area contributed by atoms with Crippen LogP contribution in [0.15, 0.2) is 17.5 Å². The topological polar surface area (TPSA) is 57.6 Å². The molecular formula is C13H19NO3S. The van der Waals surface area contributed by atoms with Crippen molar-refractivity contribution in [2.24, 2.45) is 0 Å². The summed E-state index contributed by atoms with van der Waals surface area (Å²) in [6.07, 6.45) is 0.280. The molecule has 1 amide bonds. The number of hydrogen-bond acceptors (Lipinski definition) is 3. The van der Waals surface area contributed by atoms with Crippen LogP contribution in [0.25, 0.3) is 0 Å². The molecule has 1 N–H and O–H groups in total. The Bertz CT molecular complexity index is 385. The number of hydrogen-bond donors (Lipinski definition) is 1. The maximum absolute atomic E-state index is 12.0. The Morgan fingerprint density at radius 3 is 2.44 bits per heavy atom. The third-order valence-corrected chi connectivity index (χ3v) is 3.94. The number of carbonyl (C=O) groups is 2. The zero-order valence-electron chi connectivity index (χ0n) is 10.8. The van der Waals surface area contributed by atoms with Crippen molar-refractivity contribution in [1.29, 1.82) is 0 Å². The van der Waals surface area contributed by atoms with E-state index in [1.807, 2.05) is 31.4 Å². The molecule has 0 saturated carbocycles. The monoisotopic (exact) mass is 269 g/mol. The van der Waals surface area contributed by atoms with E-state index in [1.165, 1.54) is 11.3 Å². The maximum Gasteiger partial charge on any atom is 0.304 e. The average molecular weight is 269 g/mol. The molecule has 1 rings (SSSR count). The molecule has 1 atom stereocenters. The highest BCUT2D eigenvalue weighted by atomic mass is 32.1. The Morgan fingerprint density at radius 2 is 2.00 bits per heavy atom. The molecule has 0 fully saturated rings. The van der Waals surface area contributed by atoms with E-state index in [4.69, 9.17) is 5.11 Å². The summed E-state index contributed by atoms with van der Waals surface area (Å²) >= 11 is 1.51. The minimum Gasteiger partial charge on any atom is -0.481 e. The van der Waals surface area contributed by atoms with Crippen LogP contribution in [0.5, 0.6) is 0 Å². The first-order valence-electron chi connectivity index (χ1n) is 6.11. The van der Waals surface area contributed by atoms with E-state index in [-0.39, 0.29) is 24.7 Å². The second kappa shape index (κ2) is 7.16. The second-order valence-electron chi connectivity index (χ2n) is 4.08. The van der Waals surface area contributed by atoms with Crippen LogP contribution in [-0.2, 0) is 9.59 Å². The zero-order chi connectivity index (χ0) is 13.5. The van der Waals surface area contributed by atoms with Crippen LogP contribution in [-0.4, -0.2) is 35.0 Å². The Balaban J connectivity index is 2.73. The maximum atomic E-state index is 12.0. The molecule has 0 aliphatic rings. The van der Waals surface area contributed by atoms with Crippen molar-refractivity contribution in [3.8, 4) is 0 Å². The largest absolute Gasteiger partial charge is 0.481 e. The fraction of sp³-hybridized carbons (Fsp3) is 0.538. The van der Waals surface area contributed by atoms with Gasteiger partial charge in [-0.15, -0.1) is 11.3 Å². The van der Waals surface area contributed by atoms with Gasteiger partial charge in [0.1, 0.15) is 0 Å². The second-order valence-corrected chi connectivity index (χ2v) is 5.06. The molecule has 1 aromatic rings. The number of carboxylic acids is 1. The van der Waals surface area contributed by atoms with Gasteiger partial charge in [0, 0.05) is 30.3 Å². The third kappa shape index (κ3) is 4.14. The Morgan fingerprint density at radius 1 is 1.33 bits per heavy atom. The number of nitrogens with zero attached hydrogens (tertiary/aromatic N) is 1. The van der Waals surface area contributed by atoms with Crippen LogP contribution < -0.4 is 0 Å². The van der Waals surface area contributed by atoms with E-state index in [1.54, 1.807) is 4.90 Å². The van der Waals surface area contributed by atoms with Gasteiger partial charge in [-0.3, -0.25) is 9.59 Å². The third-order valence-electron chi connectivity index (χ3n) is 2.90. The first kappa shape index (κ1) is 14.7. The number of aliphatic carboxylic acids is 1. The normalized spacial score (nSPS) is 12.1. The fourth-order valence-electron chi connectivity index (χ4n) is 1.92. The van der Waals surface area contributed by atoms with Crippen molar-refractivity contribution in [2.45, 2.75) is 32.6 Å². The minimum absolute atomic E-state index is 0.00746. The molecule has 0 spiro atoms. The van der Waals surface area contributed by atoms with Crippen molar-refractivity contribution < 1.29 is 14.7 Å². The van der Waals surface area contributed by atoms with Crippen LogP contribution in [0.1, 0.15) is 37.5 Å². The predicted octanol–water partition coefficient (Wildman–Crippen LogP) is 2.56. The molecule has 0 radical (unpaired) electrons. The van der Waals surface area contributed by atoms with Crippen LogP contribution >= 0.6 is 11.3 Å². The summed E-state index contributed by atoms with van der Waals surface area (Å²) in [6, 6.07) is 3.78. The summed E-state index contributed by atoms with van der Waals surface area (Å²) in [5.74, 6) is -1.05. The highest BCUT2D eigenvalue weighted by molar-refractivity contribution is 7.10. The Labute approximate surface area is 111 Å². The molecule has 4 nitrogen and oxygen atoms in total. The van der Waals surface area contributed by atoms with Crippen molar-refractivity contribution >= 4 is 23.2 Å².